The summed E-state index contributed by atoms with van der Waals surface area (Å²) in [6.07, 6.45) is 2.56. The molecule has 130 valence electrons. The first-order valence-corrected chi connectivity index (χ1v) is 9.00. The molecule has 0 aromatic heterocycles. The van der Waals surface area contributed by atoms with E-state index in [1.807, 2.05) is 4.72 Å². The van der Waals surface area contributed by atoms with E-state index in [-0.39, 0.29) is 10.8 Å². The van der Waals surface area contributed by atoms with E-state index in [4.69, 9.17) is 11.6 Å². The average Bonchev–Trinajstić information content (AvgIpc) is 2.52. The molecule has 2 aromatic carbocycles. The highest BCUT2D eigenvalue weighted by Gasteiger charge is 2.16. The number of sulfonamides is 1. The zero-order valence-electron chi connectivity index (χ0n) is 13.2. The Labute approximate surface area is 150 Å². The summed E-state index contributed by atoms with van der Waals surface area (Å²) in [5, 5.41) is 3.03. The summed E-state index contributed by atoms with van der Waals surface area (Å²) < 4.78 is 26.3. The smallest absolute Gasteiger partial charge is 0.264 e. The number of halogens is 1. The normalized spacial score (nSPS) is 11.3. The number of rotatable bonds is 5. The van der Waals surface area contributed by atoms with Gasteiger partial charge in [0.05, 0.1) is 4.90 Å². The standard InChI is InChI=1S/C17H15ClN2O4S/c1-12(21)19-15-6-8-16(9-7-15)25(23,24)20-17(22)10-5-13-3-2-4-14(18)11-13/h2-11H,1H3,(H,19,21)(H,20,22)/b10-5+. The van der Waals surface area contributed by atoms with Crippen molar-refractivity contribution in [1.82, 2.24) is 4.72 Å². The quantitative estimate of drug-likeness (QED) is 0.782. The molecule has 0 heterocycles. The summed E-state index contributed by atoms with van der Waals surface area (Å²) in [6.45, 7) is 1.34. The second kappa shape index (κ2) is 7.96. The van der Waals surface area contributed by atoms with Crippen molar-refractivity contribution in [2.75, 3.05) is 5.32 Å². The van der Waals surface area contributed by atoms with Gasteiger partial charge in [0.15, 0.2) is 0 Å². The van der Waals surface area contributed by atoms with E-state index in [1.54, 1.807) is 24.3 Å². The van der Waals surface area contributed by atoms with Gasteiger partial charge in [0.2, 0.25) is 5.91 Å². The number of hydrogen-bond donors (Lipinski definition) is 2. The minimum atomic E-state index is -4.01. The predicted molar refractivity (Wildman–Crippen MR) is 96.6 cm³/mol. The Balaban J connectivity index is 2.07. The lowest BCUT2D eigenvalue weighted by atomic mass is 10.2. The van der Waals surface area contributed by atoms with Crippen molar-refractivity contribution in [3.8, 4) is 0 Å². The lowest BCUT2D eigenvalue weighted by Crippen LogP contribution is -2.28. The third kappa shape index (κ3) is 5.74. The Morgan fingerprint density at radius 1 is 1.08 bits per heavy atom. The molecule has 0 aliphatic rings. The van der Waals surface area contributed by atoms with Crippen molar-refractivity contribution in [3.05, 3.63) is 65.2 Å². The Kier molecular flexibility index (Phi) is 5.95. The van der Waals surface area contributed by atoms with E-state index in [0.717, 1.165) is 6.08 Å². The van der Waals surface area contributed by atoms with Gasteiger partial charge in [-0.1, -0.05) is 23.7 Å². The van der Waals surface area contributed by atoms with Crippen molar-refractivity contribution in [2.24, 2.45) is 0 Å². The van der Waals surface area contributed by atoms with Gasteiger partial charge in [-0.05, 0) is 48.0 Å². The number of carbonyl (C=O) groups excluding carboxylic acids is 2. The zero-order chi connectivity index (χ0) is 18.4. The molecule has 0 saturated heterocycles. The minimum absolute atomic E-state index is 0.0916. The summed E-state index contributed by atoms with van der Waals surface area (Å²) in [6, 6.07) is 12.2. The van der Waals surface area contributed by atoms with Crippen molar-refractivity contribution < 1.29 is 18.0 Å². The summed E-state index contributed by atoms with van der Waals surface area (Å²) in [5.74, 6) is -1.05. The maximum Gasteiger partial charge on any atom is 0.264 e. The predicted octanol–water partition coefficient (Wildman–Crippen LogP) is 2.82. The van der Waals surface area contributed by atoms with Crippen molar-refractivity contribution in [2.45, 2.75) is 11.8 Å². The molecule has 0 fully saturated rings. The van der Waals surface area contributed by atoms with Gasteiger partial charge in [0, 0.05) is 23.7 Å². The summed E-state index contributed by atoms with van der Waals surface area (Å²) in [5.41, 5.74) is 1.12. The molecule has 0 unspecified atom stereocenters. The highest BCUT2D eigenvalue weighted by molar-refractivity contribution is 7.90. The first kappa shape index (κ1) is 18.7. The van der Waals surface area contributed by atoms with E-state index in [1.165, 1.54) is 37.3 Å². The van der Waals surface area contributed by atoms with Crippen molar-refractivity contribution >= 4 is 45.2 Å². The third-order valence-corrected chi connectivity index (χ3v) is 4.59. The highest BCUT2D eigenvalue weighted by atomic mass is 35.5. The van der Waals surface area contributed by atoms with Gasteiger partial charge in [0.1, 0.15) is 0 Å². The van der Waals surface area contributed by atoms with Gasteiger partial charge in [-0.3, -0.25) is 9.59 Å². The van der Waals surface area contributed by atoms with Crippen LogP contribution in [-0.4, -0.2) is 20.2 Å². The van der Waals surface area contributed by atoms with Crippen LogP contribution in [0, 0.1) is 0 Å². The molecule has 0 bridgehead atoms. The molecule has 8 heteroatoms. The Hall–Kier alpha value is -2.64. The van der Waals surface area contributed by atoms with E-state index in [2.05, 4.69) is 5.32 Å². The molecule has 6 nitrogen and oxygen atoms in total. The Morgan fingerprint density at radius 2 is 1.76 bits per heavy atom. The number of benzene rings is 2. The van der Waals surface area contributed by atoms with Crippen LogP contribution in [0.3, 0.4) is 0 Å². The topological polar surface area (TPSA) is 92.3 Å². The van der Waals surface area contributed by atoms with Crippen LogP contribution in [0.25, 0.3) is 6.08 Å². The van der Waals surface area contributed by atoms with Crippen LogP contribution in [0.4, 0.5) is 5.69 Å². The molecular weight excluding hydrogens is 364 g/mol. The largest absolute Gasteiger partial charge is 0.326 e. The molecule has 2 amide bonds. The summed E-state index contributed by atoms with van der Waals surface area (Å²) in [7, 11) is -4.01. The molecule has 2 aromatic rings. The number of anilines is 1. The molecule has 0 saturated carbocycles. The molecule has 25 heavy (non-hydrogen) atoms. The first-order chi connectivity index (χ1) is 11.8. The summed E-state index contributed by atoms with van der Waals surface area (Å²) in [4.78, 5) is 22.7. The van der Waals surface area contributed by atoms with Gasteiger partial charge in [0.25, 0.3) is 15.9 Å². The second-order valence-corrected chi connectivity index (χ2v) is 7.18. The van der Waals surface area contributed by atoms with E-state index in [9.17, 15) is 18.0 Å². The lowest BCUT2D eigenvalue weighted by molar-refractivity contribution is -0.115. The van der Waals surface area contributed by atoms with Crippen molar-refractivity contribution in [1.29, 1.82) is 0 Å². The van der Waals surface area contributed by atoms with Gasteiger partial charge in [-0.25, -0.2) is 13.1 Å². The van der Waals surface area contributed by atoms with Gasteiger partial charge >= 0.3 is 0 Å². The monoisotopic (exact) mass is 378 g/mol. The van der Waals surface area contributed by atoms with Crippen molar-refractivity contribution in [3.63, 3.8) is 0 Å². The fourth-order valence-corrected chi connectivity index (χ4v) is 3.07. The molecule has 0 aliphatic heterocycles. The maximum absolute atomic E-state index is 12.2. The summed E-state index contributed by atoms with van der Waals surface area (Å²) >= 11 is 5.83. The second-order valence-electron chi connectivity index (χ2n) is 5.06. The van der Waals surface area contributed by atoms with E-state index < -0.39 is 15.9 Å². The van der Waals surface area contributed by atoms with Crippen LogP contribution in [0.2, 0.25) is 5.02 Å². The maximum atomic E-state index is 12.2. The fraction of sp³-hybridized carbons (Fsp3) is 0.0588. The molecule has 2 N–H and O–H groups in total. The number of hydrogen-bond acceptors (Lipinski definition) is 4. The van der Waals surface area contributed by atoms with Crippen LogP contribution in [0.5, 0.6) is 0 Å². The molecule has 0 spiro atoms. The fourth-order valence-electron chi connectivity index (χ4n) is 1.93. The van der Waals surface area contributed by atoms with Gasteiger partial charge in [-0.2, -0.15) is 0 Å². The van der Waals surface area contributed by atoms with Crippen LogP contribution in [0.15, 0.2) is 59.5 Å². The minimum Gasteiger partial charge on any atom is -0.326 e. The average molecular weight is 379 g/mol. The number of amides is 2. The molecule has 0 radical (unpaired) electrons. The lowest BCUT2D eigenvalue weighted by Gasteiger charge is -2.06. The first-order valence-electron chi connectivity index (χ1n) is 7.14. The van der Waals surface area contributed by atoms with E-state index in [0.29, 0.717) is 16.3 Å². The molecule has 2 rings (SSSR count). The van der Waals surface area contributed by atoms with Gasteiger partial charge in [-0.15, -0.1) is 0 Å². The molecule has 0 aliphatic carbocycles. The van der Waals surface area contributed by atoms with Crippen LogP contribution >= 0.6 is 11.6 Å². The molecular formula is C17H15ClN2O4S. The zero-order valence-corrected chi connectivity index (χ0v) is 14.8. The highest BCUT2D eigenvalue weighted by Crippen LogP contribution is 2.14. The SMILES string of the molecule is CC(=O)Nc1ccc(S(=O)(=O)NC(=O)/C=C/c2cccc(Cl)c2)cc1. The van der Waals surface area contributed by atoms with Crippen LogP contribution in [-0.2, 0) is 19.6 Å². The van der Waals surface area contributed by atoms with Crippen LogP contribution < -0.4 is 10.0 Å². The Bertz CT molecular complexity index is 922. The third-order valence-electron chi connectivity index (χ3n) is 3.00. The Morgan fingerprint density at radius 3 is 2.36 bits per heavy atom. The molecule has 0 atom stereocenters. The number of nitrogens with one attached hydrogen (secondary N) is 2. The van der Waals surface area contributed by atoms with Gasteiger partial charge < -0.3 is 5.32 Å². The number of carbonyl (C=O) groups is 2. The van der Waals surface area contributed by atoms with Crippen LogP contribution in [0.1, 0.15) is 12.5 Å². The van der Waals surface area contributed by atoms with E-state index >= 15 is 0 Å².